The Kier molecular flexibility index (Phi) is 4.60. The van der Waals surface area contributed by atoms with Crippen LogP contribution in [0.4, 0.5) is 4.39 Å². The lowest BCUT2D eigenvalue weighted by Crippen LogP contribution is -2.35. The van der Waals surface area contributed by atoms with Gasteiger partial charge >= 0.3 is 0 Å². The van der Waals surface area contributed by atoms with E-state index in [4.69, 9.17) is 11.6 Å². The van der Waals surface area contributed by atoms with E-state index in [2.05, 4.69) is 9.97 Å². The molecule has 1 aliphatic rings. The highest BCUT2D eigenvalue weighted by atomic mass is 35.5. The highest BCUT2D eigenvalue weighted by molar-refractivity contribution is 6.32. The van der Waals surface area contributed by atoms with Gasteiger partial charge in [-0.25, -0.2) is 9.37 Å². The van der Waals surface area contributed by atoms with Crippen LogP contribution >= 0.6 is 11.6 Å². The van der Waals surface area contributed by atoms with Crippen LogP contribution in [-0.4, -0.2) is 26.5 Å². The topological polar surface area (TPSA) is 69.2 Å². The zero-order chi connectivity index (χ0) is 17.4. The van der Waals surface area contributed by atoms with Crippen LogP contribution < -0.4 is 5.56 Å². The first kappa shape index (κ1) is 16.9. The number of phenols is 1. The van der Waals surface area contributed by atoms with Crippen molar-refractivity contribution in [2.45, 2.75) is 39.3 Å². The van der Waals surface area contributed by atoms with Gasteiger partial charge in [0.2, 0.25) is 0 Å². The van der Waals surface area contributed by atoms with E-state index in [-0.39, 0.29) is 22.2 Å². The predicted octanol–water partition coefficient (Wildman–Crippen LogP) is 2.95. The molecule has 1 aliphatic heterocycles. The fourth-order valence-corrected chi connectivity index (χ4v) is 3.13. The molecule has 0 fully saturated rings. The number of nitrogens with one attached hydrogen (secondary N) is 1. The fraction of sp³-hybridized carbons (Fsp3) is 0.412. The third-order valence-electron chi connectivity index (χ3n) is 4.22. The average Bonchev–Trinajstić information content (AvgIpc) is 2.51. The molecule has 0 aliphatic carbocycles. The van der Waals surface area contributed by atoms with Gasteiger partial charge in [0.1, 0.15) is 17.4 Å². The van der Waals surface area contributed by atoms with Gasteiger partial charge in [-0.15, -0.1) is 0 Å². The maximum absolute atomic E-state index is 13.5. The molecule has 0 radical (unpaired) electrons. The van der Waals surface area contributed by atoms with Gasteiger partial charge in [-0.1, -0.05) is 25.4 Å². The summed E-state index contributed by atoms with van der Waals surface area (Å²) in [4.78, 5) is 21.6. The van der Waals surface area contributed by atoms with E-state index >= 15 is 0 Å². The summed E-state index contributed by atoms with van der Waals surface area (Å²) in [6, 6.07) is 2.36. The number of halogens is 2. The molecule has 0 atom stereocenters. The quantitative estimate of drug-likeness (QED) is 0.892. The van der Waals surface area contributed by atoms with Crippen LogP contribution in [0.2, 0.25) is 5.02 Å². The van der Waals surface area contributed by atoms with Gasteiger partial charge in [0, 0.05) is 36.7 Å². The first-order chi connectivity index (χ1) is 11.3. The van der Waals surface area contributed by atoms with Crippen LogP contribution in [0, 0.1) is 5.82 Å². The molecule has 0 saturated carbocycles. The van der Waals surface area contributed by atoms with Gasteiger partial charge in [0.15, 0.2) is 0 Å². The standard InChI is InChI=1S/C17H19ClFN3O2/c1-9(2)16-20-14-8-22(4-3-12(14)17(24)21-16)7-10-5-11(19)6-13(18)15(10)23/h5-6,9,23H,3-4,7-8H2,1-2H3,(H,20,21,24). The number of hydrogen-bond donors (Lipinski definition) is 2. The molecule has 3 rings (SSSR count). The minimum atomic E-state index is -0.484. The fourth-order valence-electron chi connectivity index (χ4n) is 2.90. The molecule has 0 saturated heterocycles. The molecule has 0 amide bonds. The lowest BCUT2D eigenvalue weighted by molar-refractivity contribution is 0.236. The van der Waals surface area contributed by atoms with Crippen molar-refractivity contribution in [1.82, 2.24) is 14.9 Å². The highest BCUT2D eigenvalue weighted by Gasteiger charge is 2.23. The molecule has 1 aromatic carbocycles. The van der Waals surface area contributed by atoms with Gasteiger partial charge in [0.05, 0.1) is 10.7 Å². The average molecular weight is 352 g/mol. The highest BCUT2D eigenvalue weighted by Crippen LogP contribution is 2.30. The summed E-state index contributed by atoms with van der Waals surface area (Å²) < 4.78 is 13.5. The number of aromatic amines is 1. The van der Waals surface area contributed by atoms with Crippen LogP contribution in [0.1, 0.15) is 42.4 Å². The molecular formula is C17H19ClFN3O2. The third-order valence-corrected chi connectivity index (χ3v) is 4.51. The van der Waals surface area contributed by atoms with Crippen molar-refractivity contribution in [3.63, 3.8) is 0 Å². The van der Waals surface area contributed by atoms with E-state index in [0.29, 0.717) is 43.0 Å². The van der Waals surface area contributed by atoms with Crippen molar-refractivity contribution in [3.8, 4) is 5.75 Å². The van der Waals surface area contributed by atoms with E-state index in [1.54, 1.807) is 0 Å². The summed E-state index contributed by atoms with van der Waals surface area (Å²) in [6.45, 7) is 5.39. The molecule has 0 spiro atoms. The lowest BCUT2D eigenvalue weighted by atomic mass is 10.0. The minimum Gasteiger partial charge on any atom is -0.506 e. The second-order valence-electron chi connectivity index (χ2n) is 6.39. The van der Waals surface area contributed by atoms with Crippen LogP contribution in [0.3, 0.4) is 0 Å². The normalized spacial score (nSPS) is 14.9. The summed E-state index contributed by atoms with van der Waals surface area (Å²) >= 11 is 5.83. The molecule has 5 nitrogen and oxygen atoms in total. The number of rotatable bonds is 3. The van der Waals surface area contributed by atoms with Crippen LogP contribution in [-0.2, 0) is 19.5 Å². The van der Waals surface area contributed by atoms with Crippen molar-refractivity contribution in [1.29, 1.82) is 0 Å². The number of H-pyrrole nitrogens is 1. The molecule has 128 valence electrons. The Morgan fingerprint density at radius 3 is 2.92 bits per heavy atom. The molecule has 1 aromatic heterocycles. The van der Waals surface area contributed by atoms with Crippen LogP contribution in [0.25, 0.3) is 0 Å². The van der Waals surface area contributed by atoms with Crippen molar-refractivity contribution in [2.75, 3.05) is 6.54 Å². The number of aromatic nitrogens is 2. The molecule has 0 bridgehead atoms. The predicted molar refractivity (Wildman–Crippen MR) is 89.8 cm³/mol. The van der Waals surface area contributed by atoms with Crippen molar-refractivity contribution in [2.24, 2.45) is 0 Å². The number of hydrogen-bond acceptors (Lipinski definition) is 4. The number of nitrogens with zero attached hydrogens (tertiary/aromatic N) is 2. The van der Waals surface area contributed by atoms with Gasteiger partial charge in [-0.05, 0) is 18.6 Å². The number of aromatic hydroxyl groups is 1. The Bertz CT molecular complexity index is 835. The van der Waals surface area contributed by atoms with Gasteiger partial charge in [-0.3, -0.25) is 9.69 Å². The minimum absolute atomic E-state index is 0.000858. The van der Waals surface area contributed by atoms with E-state index < -0.39 is 5.82 Å². The second kappa shape index (κ2) is 6.53. The zero-order valence-electron chi connectivity index (χ0n) is 13.6. The SMILES string of the molecule is CC(C)c1nc2c(c(=O)[nH]1)CCN(Cc1cc(F)cc(Cl)c1O)C2. The van der Waals surface area contributed by atoms with E-state index in [1.165, 1.54) is 6.07 Å². The first-order valence-corrected chi connectivity index (χ1v) is 8.24. The summed E-state index contributed by atoms with van der Waals surface area (Å²) in [5, 5.41) is 10.0. The van der Waals surface area contributed by atoms with Crippen LogP contribution in [0.5, 0.6) is 5.75 Å². The molecule has 24 heavy (non-hydrogen) atoms. The van der Waals surface area contributed by atoms with Crippen molar-refractivity contribution >= 4 is 11.6 Å². The zero-order valence-corrected chi connectivity index (χ0v) is 14.3. The van der Waals surface area contributed by atoms with Gasteiger partial charge in [0.25, 0.3) is 5.56 Å². The van der Waals surface area contributed by atoms with Gasteiger partial charge < -0.3 is 10.1 Å². The summed E-state index contributed by atoms with van der Waals surface area (Å²) in [6.07, 6.45) is 0.569. The van der Waals surface area contributed by atoms with Crippen molar-refractivity contribution < 1.29 is 9.50 Å². The molecule has 0 unspecified atom stereocenters. The number of benzene rings is 1. The number of phenolic OH excluding ortho intramolecular Hbond substituents is 1. The largest absolute Gasteiger partial charge is 0.506 e. The Hall–Kier alpha value is -1.92. The molecular weight excluding hydrogens is 333 g/mol. The summed E-state index contributed by atoms with van der Waals surface area (Å²) in [5.41, 5.74) is 1.80. The second-order valence-corrected chi connectivity index (χ2v) is 6.79. The Morgan fingerprint density at radius 1 is 1.46 bits per heavy atom. The molecule has 2 aromatic rings. The van der Waals surface area contributed by atoms with Crippen molar-refractivity contribution in [3.05, 3.63) is 56.0 Å². The number of fused-ring (bicyclic) bond motifs is 1. The first-order valence-electron chi connectivity index (χ1n) is 7.86. The van der Waals surface area contributed by atoms with E-state index in [0.717, 1.165) is 11.8 Å². The summed E-state index contributed by atoms with van der Waals surface area (Å²) in [5.74, 6) is 0.203. The lowest BCUT2D eigenvalue weighted by Gasteiger charge is -2.28. The monoisotopic (exact) mass is 351 g/mol. The Morgan fingerprint density at radius 2 is 2.21 bits per heavy atom. The van der Waals surface area contributed by atoms with Crippen LogP contribution in [0.15, 0.2) is 16.9 Å². The maximum Gasteiger partial charge on any atom is 0.254 e. The summed E-state index contributed by atoms with van der Waals surface area (Å²) in [7, 11) is 0. The maximum atomic E-state index is 13.5. The van der Waals surface area contributed by atoms with E-state index in [9.17, 15) is 14.3 Å². The molecule has 2 N–H and O–H groups in total. The Balaban J connectivity index is 1.86. The Labute approximate surface area is 144 Å². The molecule has 2 heterocycles. The molecule has 7 heteroatoms. The van der Waals surface area contributed by atoms with Gasteiger partial charge in [-0.2, -0.15) is 0 Å². The van der Waals surface area contributed by atoms with E-state index in [1.807, 2.05) is 18.7 Å². The smallest absolute Gasteiger partial charge is 0.254 e. The third kappa shape index (κ3) is 3.30.